The van der Waals surface area contributed by atoms with E-state index in [1.54, 1.807) is 0 Å². The van der Waals surface area contributed by atoms with Crippen molar-refractivity contribution in [2.45, 2.75) is 13.0 Å². The van der Waals surface area contributed by atoms with E-state index in [2.05, 4.69) is 23.9 Å². The highest BCUT2D eigenvalue weighted by molar-refractivity contribution is 5.78. The topological polar surface area (TPSA) is 34.5 Å². The highest BCUT2D eigenvalue weighted by Crippen LogP contribution is 2.19. The Balaban J connectivity index is 1.59. The van der Waals surface area contributed by atoms with Gasteiger partial charge in [0.05, 0.1) is 0 Å². The minimum Gasteiger partial charge on any atom is -0.484 e. The summed E-state index contributed by atoms with van der Waals surface area (Å²) >= 11 is 0. The first kappa shape index (κ1) is 12.8. The number of aryl methyl sites for hydroxylation is 1. The largest absolute Gasteiger partial charge is 0.484 e. The molecular formula is C16H18N2O2. The first-order chi connectivity index (χ1) is 9.74. The van der Waals surface area contributed by atoms with E-state index in [4.69, 9.17) is 4.74 Å². The smallest absolute Gasteiger partial charge is 0.260 e. The number of hydrogen-bond donors (Lipinski definition) is 0. The molecule has 2 aromatic rings. The van der Waals surface area contributed by atoms with Gasteiger partial charge in [0, 0.05) is 38.4 Å². The Hall–Kier alpha value is -2.23. The molecule has 1 aliphatic heterocycles. The van der Waals surface area contributed by atoms with Gasteiger partial charge in [-0.2, -0.15) is 0 Å². The van der Waals surface area contributed by atoms with Crippen LogP contribution in [0.4, 0.5) is 0 Å². The predicted molar refractivity (Wildman–Crippen MR) is 76.5 cm³/mol. The van der Waals surface area contributed by atoms with Gasteiger partial charge in [-0.25, -0.2) is 0 Å². The number of hydrogen-bond acceptors (Lipinski definition) is 2. The van der Waals surface area contributed by atoms with E-state index in [1.807, 2.05) is 35.2 Å². The number of carbonyl (C=O) groups is 1. The maximum atomic E-state index is 12.2. The van der Waals surface area contributed by atoms with Crippen LogP contribution in [0.15, 0.2) is 42.6 Å². The van der Waals surface area contributed by atoms with Gasteiger partial charge in [-0.05, 0) is 23.8 Å². The van der Waals surface area contributed by atoms with Crippen LogP contribution in [0.3, 0.4) is 0 Å². The van der Waals surface area contributed by atoms with E-state index in [-0.39, 0.29) is 12.5 Å². The molecule has 3 rings (SSSR count). The van der Waals surface area contributed by atoms with Gasteiger partial charge in [0.15, 0.2) is 6.61 Å². The van der Waals surface area contributed by atoms with Crippen molar-refractivity contribution in [3.8, 4) is 5.75 Å². The summed E-state index contributed by atoms with van der Waals surface area (Å²) in [6.45, 7) is 1.56. The molecule has 0 saturated carbocycles. The van der Waals surface area contributed by atoms with Gasteiger partial charge in [-0.1, -0.05) is 18.2 Å². The number of ether oxygens (including phenoxy) is 1. The summed E-state index contributed by atoms with van der Waals surface area (Å²) < 4.78 is 7.65. The molecule has 1 aliphatic rings. The van der Waals surface area contributed by atoms with E-state index in [0.717, 1.165) is 18.7 Å². The van der Waals surface area contributed by atoms with E-state index >= 15 is 0 Å². The molecule has 0 bridgehead atoms. The van der Waals surface area contributed by atoms with Gasteiger partial charge >= 0.3 is 0 Å². The normalized spacial score (nSPS) is 13.9. The number of carbonyl (C=O) groups excluding carboxylic acids is 1. The van der Waals surface area contributed by atoms with Crippen LogP contribution in [0.1, 0.15) is 11.3 Å². The Morgan fingerprint density at radius 1 is 1.25 bits per heavy atom. The van der Waals surface area contributed by atoms with Crippen molar-refractivity contribution in [3.05, 3.63) is 53.9 Å². The van der Waals surface area contributed by atoms with Crippen LogP contribution in [0, 0.1) is 0 Å². The van der Waals surface area contributed by atoms with Crippen molar-refractivity contribution >= 4 is 5.91 Å². The van der Waals surface area contributed by atoms with Gasteiger partial charge in [0.25, 0.3) is 5.91 Å². The first-order valence-electron chi connectivity index (χ1n) is 6.83. The summed E-state index contributed by atoms with van der Waals surface area (Å²) in [6, 6.07) is 11.5. The summed E-state index contributed by atoms with van der Waals surface area (Å²) in [5.41, 5.74) is 2.57. The molecular weight excluding hydrogens is 252 g/mol. The molecule has 0 fully saturated rings. The van der Waals surface area contributed by atoms with Gasteiger partial charge < -0.3 is 14.2 Å². The molecule has 2 heterocycles. The summed E-state index contributed by atoms with van der Waals surface area (Å²) in [4.78, 5) is 14.0. The number of amides is 1. The number of nitrogens with zero attached hydrogens (tertiary/aromatic N) is 2. The van der Waals surface area contributed by atoms with E-state index in [0.29, 0.717) is 6.54 Å². The van der Waals surface area contributed by atoms with Crippen LogP contribution >= 0.6 is 0 Å². The predicted octanol–water partition coefficient (Wildman–Crippen LogP) is 1.99. The number of benzene rings is 1. The monoisotopic (exact) mass is 270 g/mol. The second-order valence-corrected chi connectivity index (χ2v) is 5.07. The summed E-state index contributed by atoms with van der Waals surface area (Å²) in [7, 11) is 2.05. The van der Waals surface area contributed by atoms with Crippen molar-refractivity contribution in [2.24, 2.45) is 7.05 Å². The number of rotatable bonds is 3. The lowest BCUT2D eigenvalue weighted by atomic mass is 10.1. The van der Waals surface area contributed by atoms with Crippen LogP contribution in [-0.2, 0) is 24.8 Å². The number of para-hydroxylation sites is 1. The second-order valence-electron chi connectivity index (χ2n) is 5.07. The molecule has 0 unspecified atom stereocenters. The third-order valence-electron chi connectivity index (χ3n) is 3.73. The lowest BCUT2D eigenvalue weighted by Gasteiger charge is -2.27. The van der Waals surface area contributed by atoms with E-state index < -0.39 is 0 Å². The molecule has 4 nitrogen and oxygen atoms in total. The third-order valence-corrected chi connectivity index (χ3v) is 3.73. The van der Waals surface area contributed by atoms with Crippen LogP contribution in [0.5, 0.6) is 5.75 Å². The Morgan fingerprint density at radius 2 is 2.05 bits per heavy atom. The zero-order valence-corrected chi connectivity index (χ0v) is 11.6. The average molecular weight is 270 g/mol. The zero-order valence-electron chi connectivity index (χ0n) is 11.6. The van der Waals surface area contributed by atoms with Gasteiger partial charge in [-0.15, -0.1) is 0 Å². The van der Waals surface area contributed by atoms with Crippen LogP contribution in [0.2, 0.25) is 0 Å². The number of aromatic nitrogens is 1. The summed E-state index contributed by atoms with van der Waals surface area (Å²) in [5, 5.41) is 0. The average Bonchev–Trinajstić information content (AvgIpc) is 2.87. The Bertz CT molecular complexity index is 604. The maximum Gasteiger partial charge on any atom is 0.260 e. The molecule has 0 saturated heterocycles. The molecule has 0 atom stereocenters. The first-order valence-corrected chi connectivity index (χ1v) is 6.83. The highest BCUT2D eigenvalue weighted by atomic mass is 16.5. The summed E-state index contributed by atoms with van der Waals surface area (Å²) in [5.74, 6) is 0.779. The Morgan fingerprint density at radius 3 is 2.85 bits per heavy atom. The lowest BCUT2D eigenvalue weighted by molar-refractivity contribution is -0.134. The van der Waals surface area contributed by atoms with Gasteiger partial charge in [0.1, 0.15) is 5.75 Å². The molecule has 0 radical (unpaired) electrons. The number of fused-ring (bicyclic) bond motifs is 1. The fourth-order valence-electron chi connectivity index (χ4n) is 2.59. The molecule has 20 heavy (non-hydrogen) atoms. The van der Waals surface area contributed by atoms with Gasteiger partial charge in [-0.3, -0.25) is 4.79 Å². The molecule has 1 aromatic heterocycles. The molecule has 4 heteroatoms. The van der Waals surface area contributed by atoms with E-state index in [1.165, 1.54) is 11.3 Å². The third kappa shape index (κ3) is 2.54. The fourth-order valence-corrected chi connectivity index (χ4v) is 2.59. The quantitative estimate of drug-likeness (QED) is 0.855. The molecule has 0 spiro atoms. The molecule has 0 aliphatic carbocycles. The minimum absolute atomic E-state index is 0.0448. The van der Waals surface area contributed by atoms with E-state index in [9.17, 15) is 4.79 Å². The Labute approximate surface area is 118 Å². The van der Waals surface area contributed by atoms with Crippen molar-refractivity contribution in [3.63, 3.8) is 0 Å². The molecule has 1 amide bonds. The second kappa shape index (κ2) is 5.41. The minimum atomic E-state index is 0.0448. The Kier molecular flexibility index (Phi) is 3.46. The van der Waals surface area contributed by atoms with Crippen molar-refractivity contribution in [1.29, 1.82) is 0 Å². The van der Waals surface area contributed by atoms with Crippen molar-refractivity contribution in [2.75, 3.05) is 13.2 Å². The van der Waals surface area contributed by atoms with Crippen LogP contribution in [-0.4, -0.2) is 28.5 Å². The van der Waals surface area contributed by atoms with Crippen molar-refractivity contribution < 1.29 is 9.53 Å². The molecule has 0 N–H and O–H groups in total. The van der Waals surface area contributed by atoms with Crippen LogP contribution < -0.4 is 4.74 Å². The highest BCUT2D eigenvalue weighted by Gasteiger charge is 2.22. The van der Waals surface area contributed by atoms with Gasteiger partial charge in [0.2, 0.25) is 0 Å². The summed E-state index contributed by atoms with van der Waals surface area (Å²) in [6.07, 6.45) is 2.97. The SMILES string of the molecule is Cn1ccc2c1CCN(C(=O)COc1ccccc1)C2. The molecule has 104 valence electrons. The maximum absolute atomic E-state index is 12.2. The fraction of sp³-hybridized carbons (Fsp3) is 0.312. The standard InChI is InChI=1S/C16H18N2O2/c1-17-9-7-13-11-18(10-8-15(13)17)16(19)12-20-14-5-3-2-4-6-14/h2-7,9H,8,10-12H2,1H3. The lowest BCUT2D eigenvalue weighted by Crippen LogP contribution is -2.39. The molecule has 1 aromatic carbocycles. The van der Waals surface area contributed by atoms with Crippen molar-refractivity contribution in [1.82, 2.24) is 9.47 Å². The van der Waals surface area contributed by atoms with Crippen LogP contribution in [0.25, 0.3) is 0 Å². The zero-order chi connectivity index (χ0) is 13.9.